The van der Waals surface area contributed by atoms with Crippen molar-refractivity contribution in [1.29, 1.82) is 5.26 Å². The molecule has 0 unspecified atom stereocenters. The molecular formula is C10H11NS. The molecule has 0 aromatic heterocycles. The van der Waals surface area contributed by atoms with Crippen LogP contribution in [-0.4, -0.2) is 5.37 Å². The number of thiocarbonyl (C=S) groups is 1. The maximum Gasteiger partial charge on any atom is 0.0991 e. The van der Waals surface area contributed by atoms with Gasteiger partial charge in [0, 0.05) is 5.37 Å². The largest absolute Gasteiger partial charge is 0.192 e. The Morgan fingerprint density at radius 3 is 2.08 bits per heavy atom. The van der Waals surface area contributed by atoms with Crippen molar-refractivity contribution < 1.29 is 0 Å². The lowest BCUT2D eigenvalue weighted by Gasteiger charge is -1.88. The number of nitriles is 1. The maximum absolute atomic E-state index is 8.41. The van der Waals surface area contributed by atoms with Gasteiger partial charge in [0.15, 0.2) is 0 Å². The van der Waals surface area contributed by atoms with Crippen LogP contribution in [-0.2, 0) is 0 Å². The molecule has 0 fully saturated rings. The summed E-state index contributed by atoms with van der Waals surface area (Å²) in [6.07, 6.45) is 0. The minimum Gasteiger partial charge on any atom is -0.192 e. The monoisotopic (exact) mass is 177 g/mol. The van der Waals surface area contributed by atoms with Crippen molar-refractivity contribution in [2.45, 2.75) is 13.8 Å². The second-order valence-corrected chi connectivity index (χ2v) is 2.09. The van der Waals surface area contributed by atoms with Gasteiger partial charge in [-0.2, -0.15) is 5.26 Å². The Labute approximate surface area is 78.6 Å². The molecule has 0 amide bonds. The van der Waals surface area contributed by atoms with Crippen LogP contribution in [0.3, 0.4) is 0 Å². The molecule has 0 aliphatic heterocycles. The van der Waals surface area contributed by atoms with E-state index in [1.807, 2.05) is 32.0 Å². The zero-order valence-corrected chi connectivity index (χ0v) is 8.06. The van der Waals surface area contributed by atoms with Crippen molar-refractivity contribution in [3.05, 3.63) is 35.4 Å². The van der Waals surface area contributed by atoms with E-state index in [-0.39, 0.29) is 0 Å². The molecule has 0 atom stereocenters. The molecule has 1 rings (SSSR count). The van der Waals surface area contributed by atoms with Crippen LogP contribution in [0.25, 0.3) is 0 Å². The molecular weight excluding hydrogens is 166 g/mol. The van der Waals surface area contributed by atoms with Gasteiger partial charge in [-0.25, -0.2) is 0 Å². The second kappa shape index (κ2) is 6.51. The third kappa shape index (κ3) is 3.27. The smallest absolute Gasteiger partial charge is 0.0991 e. The van der Waals surface area contributed by atoms with Crippen LogP contribution in [0.4, 0.5) is 0 Å². The molecule has 0 aliphatic rings. The zero-order chi connectivity index (χ0) is 9.40. The van der Waals surface area contributed by atoms with Crippen molar-refractivity contribution in [2.24, 2.45) is 0 Å². The minimum atomic E-state index is 0.667. The molecule has 0 saturated heterocycles. The third-order valence-corrected chi connectivity index (χ3v) is 1.45. The normalized spacial score (nSPS) is 7.42. The van der Waals surface area contributed by atoms with Crippen LogP contribution in [0.15, 0.2) is 24.3 Å². The van der Waals surface area contributed by atoms with Gasteiger partial charge >= 0.3 is 0 Å². The molecule has 0 saturated carbocycles. The van der Waals surface area contributed by atoms with Crippen molar-refractivity contribution in [3.8, 4) is 6.07 Å². The average Bonchev–Trinajstić information content (AvgIpc) is 2.21. The summed E-state index contributed by atoms with van der Waals surface area (Å²) < 4.78 is 0. The fraction of sp³-hybridized carbons (Fsp3) is 0.200. The summed E-state index contributed by atoms with van der Waals surface area (Å²) >= 11 is 4.69. The van der Waals surface area contributed by atoms with Gasteiger partial charge in [-0.1, -0.05) is 38.2 Å². The van der Waals surface area contributed by atoms with Gasteiger partial charge in [0.1, 0.15) is 0 Å². The van der Waals surface area contributed by atoms with Gasteiger partial charge in [0.2, 0.25) is 0 Å². The van der Waals surface area contributed by atoms with E-state index in [2.05, 4.69) is 0 Å². The fourth-order valence-electron chi connectivity index (χ4n) is 0.636. The molecule has 0 N–H and O–H groups in total. The van der Waals surface area contributed by atoms with E-state index in [9.17, 15) is 0 Å². The van der Waals surface area contributed by atoms with Gasteiger partial charge < -0.3 is 0 Å². The summed E-state index contributed by atoms with van der Waals surface area (Å²) in [6, 6.07) is 9.18. The van der Waals surface area contributed by atoms with Crippen LogP contribution in [0.5, 0.6) is 0 Å². The summed E-state index contributed by atoms with van der Waals surface area (Å²) in [6.45, 7) is 4.00. The highest BCUT2D eigenvalue weighted by Gasteiger charge is 1.87. The Morgan fingerprint density at radius 1 is 1.25 bits per heavy atom. The van der Waals surface area contributed by atoms with Gasteiger partial charge in [0.05, 0.1) is 11.6 Å². The van der Waals surface area contributed by atoms with E-state index in [0.717, 1.165) is 5.56 Å². The maximum atomic E-state index is 8.41. The van der Waals surface area contributed by atoms with E-state index in [1.54, 1.807) is 17.5 Å². The van der Waals surface area contributed by atoms with Gasteiger partial charge in [0.25, 0.3) is 0 Å². The van der Waals surface area contributed by atoms with Crippen LogP contribution < -0.4 is 0 Å². The van der Waals surface area contributed by atoms with Gasteiger partial charge in [-0.05, 0) is 17.7 Å². The molecule has 1 aromatic carbocycles. The van der Waals surface area contributed by atoms with Crippen molar-refractivity contribution in [3.63, 3.8) is 0 Å². The third-order valence-electron chi connectivity index (χ3n) is 1.18. The van der Waals surface area contributed by atoms with Gasteiger partial charge in [-0.15, -0.1) is 0 Å². The van der Waals surface area contributed by atoms with E-state index >= 15 is 0 Å². The number of nitrogens with zero attached hydrogens (tertiary/aromatic N) is 1. The van der Waals surface area contributed by atoms with Crippen molar-refractivity contribution in [2.75, 3.05) is 0 Å². The molecule has 0 bridgehead atoms. The van der Waals surface area contributed by atoms with Crippen molar-refractivity contribution >= 4 is 17.6 Å². The standard InChI is InChI=1S/C8H5NS.C2H6/c9-5-7-1-3-8(6-10)4-2-7;1-2/h1-4,6H;1-2H3. The van der Waals surface area contributed by atoms with Gasteiger partial charge in [-0.3, -0.25) is 0 Å². The lowest BCUT2D eigenvalue weighted by atomic mass is 10.2. The predicted molar refractivity (Wildman–Crippen MR) is 55.3 cm³/mol. The lowest BCUT2D eigenvalue weighted by molar-refractivity contribution is 1.48. The first-order valence-electron chi connectivity index (χ1n) is 3.82. The Morgan fingerprint density at radius 2 is 1.75 bits per heavy atom. The van der Waals surface area contributed by atoms with Crippen LogP contribution in [0.1, 0.15) is 25.0 Å². The highest BCUT2D eigenvalue weighted by molar-refractivity contribution is 7.79. The fourth-order valence-corrected chi connectivity index (χ4v) is 0.793. The zero-order valence-electron chi connectivity index (χ0n) is 7.24. The first kappa shape index (κ1) is 10.8. The molecule has 1 aromatic rings. The summed E-state index contributed by atoms with van der Waals surface area (Å²) in [7, 11) is 0. The summed E-state index contributed by atoms with van der Waals surface area (Å²) in [5.74, 6) is 0. The minimum absolute atomic E-state index is 0.667. The summed E-state index contributed by atoms with van der Waals surface area (Å²) in [5.41, 5.74) is 1.63. The number of hydrogen-bond acceptors (Lipinski definition) is 2. The van der Waals surface area contributed by atoms with Crippen molar-refractivity contribution in [1.82, 2.24) is 0 Å². The average molecular weight is 177 g/mol. The Hall–Kier alpha value is -1.20. The molecule has 0 heterocycles. The number of rotatable bonds is 1. The first-order chi connectivity index (χ1) is 5.86. The predicted octanol–water partition coefficient (Wildman–Crippen LogP) is 2.93. The van der Waals surface area contributed by atoms with Crippen LogP contribution >= 0.6 is 12.2 Å². The van der Waals surface area contributed by atoms with E-state index in [1.165, 1.54) is 0 Å². The number of benzene rings is 1. The van der Waals surface area contributed by atoms with E-state index in [0.29, 0.717) is 5.56 Å². The highest BCUT2D eigenvalue weighted by atomic mass is 32.1. The topological polar surface area (TPSA) is 23.8 Å². The Balaban J connectivity index is 0.000000561. The molecule has 1 nitrogen and oxygen atoms in total. The first-order valence-corrected chi connectivity index (χ1v) is 4.29. The summed E-state index contributed by atoms with van der Waals surface area (Å²) in [5, 5.41) is 10.00. The second-order valence-electron chi connectivity index (χ2n) is 1.85. The molecule has 12 heavy (non-hydrogen) atoms. The molecule has 62 valence electrons. The highest BCUT2D eigenvalue weighted by Crippen LogP contribution is 1.99. The van der Waals surface area contributed by atoms with Crippen LogP contribution in [0, 0.1) is 11.3 Å². The Kier molecular flexibility index (Phi) is 5.86. The molecule has 2 heteroatoms. The quantitative estimate of drug-likeness (QED) is 0.616. The van der Waals surface area contributed by atoms with E-state index < -0.39 is 0 Å². The van der Waals surface area contributed by atoms with E-state index in [4.69, 9.17) is 17.5 Å². The SMILES string of the molecule is CC.N#Cc1ccc(C=S)cc1. The Bertz CT molecular complexity index is 269. The molecule has 0 spiro atoms. The summed E-state index contributed by atoms with van der Waals surface area (Å²) in [4.78, 5) is 0. The number of hydrogen-bond donors (Lipinski definition) is 0. The molecule has 0 aliphatic carbocycles. The molecule has 0 radical (unpaired) electrons. The lowest BCUT2D eigenvalue weighted by Crippen LogP contribution is -1.77. The van der Waals surface area contributed by atoms with Crippen LogP contribution in [0.2, 0.25) is 0 Å².